The molecule has 1 aromatic heterocycles. The van der Waals surface area contributed by atoms with Crippen molar-refractivity contribution in [3.8, 4) is 11.1 Å². The third-order valence-corrected chi connectivity index (χ3v) is 3.10. The molecule has 0 aliphatic heterocycles. The van der Waals surface area contributed by atoms with Crippen LogP contribution in [0, 0.1) is 0 Å². The fourth-order valence-electron chi connectivity index (χ4n) is 1.50. The molecule has 0 atom stereocenters. The predicted octanol–water partition coefficient (Wildman–Crippen LogP) is 3.10. The highest BCUT2D eigenvalue weighted by atomic mass is 79.9. The van der Waals surface area contributed by atoms with Crippen LogP contribution in [0.3, 0.4) is 0 Å². The second-order valence-electron chi connectivity index (χ2n) is 4.50. The second-order valence-corrected chi connectivity index (χ2v) is 5.35. The van der Waals surface area contributed by atoms with E-state index in [1.54, 1.807) is 12.4 Å². The summed E-state index contributed by atoms with van der Waals surface area (Å²) in [5, 5.41) is 0. The molecule has 1 aromatic carbocycles. The molecule has 17 heavy (non-hydrogen) atoms. The summed E-state index contributed by atoms with van der Waals surface area (Å²) in [6.07, 6.45) is 3.61. The summed E-state index contributed by atoms with van der Waals surface area (Å²) in [6.45, 7) is 3.78. The van der Waals surface area contributed by atoms with Crippen molar-refractivity contribution in [1.29, 1.82) is 0 Å². The molecular formula is C13H14BrN3. The van der Waals surface area contributed by atoms with Gasteiger partial charge in [-0.15, -0.1) is 0 Å². The van der Waals surface area contributed by atoms with Crippen LogP contribution in [0.1, 0.15) is 19.7 Å². The molecule has 0 saturated heterocycles. The number of rotatable bonds is 2. The summed E-state index contributed by atoms with van der Waals surface area (Å²) in [7, 11) is 0. The second kappa shape index (κ2) is 4.55. The lowest BCUT2D eigenvalue weighted by Gasteiger charge is -2.16. The molecule has 0 saturated carbocycles. The van der Waals surface area contributed by atoms with Crippen LogP contribution < -0.4 is 5.73 Å². The first-order chi connectivity index (χ1) is 7.98. The predicted molar refractivity (Wildman–Crippen MR) is 72.4 cm³/mol. The molecular weight excluding hydrogens is 278 g/mol. The number of aromatic nitrogens is 2. The van der Waals surface area contributed by atoms with Crippen LogP contribution >= 0.6 is 15.9 Å². The van der Waals surface area contributed by atoms with Gasteiger partial charge in [-0.25, -0.2) is 9.97 Å². The van der Waals surface area contributed by atoms with E-state index in [0.29, 0.717) is 5.82 Å². The number of benzene rings is 1. The van der Waals surface area contributed by atoms with Gasteiger partial charge in [0, 0.05) is 22.4 Å². The van der Waals surface area contributed by atoms with Crippen LogP contribution in [0.25, 0.3) is 11.1 Å². The molecule has 0 radical (unpaired) electrons. The number of hydrogen-bond acceptors (Lipinski definition) is 3. The highest BCUT2D eigenvalue weighted by Crippen LogP contribution is 2.27. The van der Waals surface area contributed by atoms with Crippen LogP contribution in [0.15, 0.2) is 41.1 Å². The van der Waals surface area contributed by atoms with E-state index >= 15 is 0 Å². The van der Waals surface area contributed by atoms with Crippen LogP contribution in [-0.4, -0.2) is 9.97 Å². The molecule has 1 heterocycles. The van der Waals surface area contributed by atoms with Gasteiger partial charge in [0.05, 0.1) is 5.54 Å². The quantitative estimate of drug-likeness (QED) is 0.925. The van der Waals surface area contributed by atoms with E-state index in [0.717, 1.165) is 15.6 Å². The maximum atomic E-state index is 5.94. The van der Waals surface area contributed by atoms with Crippen LogP contribution in [0.2, 0.25) is 0 Å². The standard InChI is InChI=1S/C13H14BrN3/c1-13(2,15)12-16-7-9(8-17-12)10-5-3-4-6-11(10)14/h3-8H,15H2,1-2H3. The molecule has 0 fully saturated rings. The van der Waals surface area contributed by atoms with Crippen LogP contribution in [0.5, 0.6) is 0 Å². The zero-order valence-corrected chi connectivity index (χ0v) is 11.4. The zero-order chi connectivity index (χ0) is 12.5. The van der Waals surface area contributed by atoms with Gasteiger partial charge in [-0.05, 0) is 25.5 Å². The molecule has 0 aliphatic carbocycles. The molecule has 2 N–H and O–H groups in total. The summed E-state index contributed by atoms with van der Waals surface area (Å²) < 4.78 is 1.03. The topological polar surface area (TPSA) is 51.8 Å². The van der Waals surface area contributed by atoms with Gasteiger partial charge in [-0.3, -0.25) is 0 Å². The van der Waals surface area contributed by atoms with Gasteiger partial charge in [0.25, 0.3) is 0 Å². The monoisotopic (exact) mass is 291 g/mol. The van der Waals surface area contributed by atoms with Gasteiger partial charge < -0.3 is 5.73 Å². The molecule has 2 aromatic rings. The molecule has 0 unspecified atom stereocenters. The largest absolute Gasteiger partial charge is 0.319 e. The number of halogens is 1. The van der Waals surface area contributed by atoms with E-state index in [-0.39, 0.29) is 0 Å². The summed E-state index contributed by atoms with van der Waals surface area (Å²) in [6, 6.07) is 7.98. The molecule has 2 rings (SSSR count). The summed E-state index contributed by atoms with van der Waals surface area (Å²) in [4.78, 5) is 8.62. The van der Waals surface area contributed by atoms with E-state index in [4.69, 9.17) is 5.73 Å². The van der Waals surface area contributed by atoms with Crippen molar-refractivity contribution in [1.82, 2.24) is 9.97 Å². The van der Waals surface area contributed by atoms with E-state index < -0.39 is 5.54 Å². The first-order valence-corrected chi connectivity index (χ1v) is 6.14. The maximum Gasteiger partial charge on any atom is 0.147 e. The minimum Gasteiger partial charge on any atom is -0.319 e. The molecule has 0 spiro atoms. The van der Waals surface area contributed by atoms with Gasteiger partial charge >= 0.3 is 0 Å². The molecule has 0 bridgehead atoms. The Kier molecular flexibility index (Phi) is 3.26. The number of nitrogens with two attached hydrogens (primary N) is 1. The highest BCUT2D eigenvalue weighted by Gasteiger charge is 2.17. The van der Waals surface area contributed by atoms with Crippen molar-refractivity contribution in [3.63, 3.8) is 0 Å². The van der Waals surface area contributed by atoms with E-state index in [2.05, 4.69) is 25.9 Å². The molecule has 0 amide bonds. The Morgan fingerprint density at radius 1 is 1.12 bits per heavy atom. The lowest BCUT2D eigenvalue weighted by atomic mass is 10.1. The van der Waals surface area contributed by atoms with Crippen LogP contribution in [-0.2, 0) is 5.54 Å². The van der Waals surface area contributed by atoms with E-state index in [1.165, 1.54) is 0 Å². The molecule has 3 nitrogen and oxygen atoms in total. The smallest absolute Gasteiger partial charge is 0.147 e. The summed E-state index contributed by atoms with van der Waals surface area (Å²) in [5.74, 6) is 0.647. The first-order valence-electron chi connectivity index (χ1n) is 5.35. The lowest BCUT2D eigenvalue weighted by Crippen LogP contribution is -2.31. The maximum absolute atomic E-state index is 5.94. The van der Waals surface area contributed by atoms with Crippen LogP contribution in [0.4, 0.5) is 0 Å². The highest BCUT2D eigenvalue weighted by molar-refractivity contribution is 9.10. The average molecular weight is 292 g/mol. The number of nitrogens with zero attached hydrogens (tertiary/aromatic N) is 2. The van der Waals surface area contributed by atoms with Crippen molar-refractivity contribution in [2.45, 2.75) is 19.4 Å². The zero-order valence-electron chi connectivity index (χ0n) is 9.81. The molecule has 0 aliphatic rings. The van der Waals surface area contributed by atoms with Crippen molar-refractivity contribution in [3.05, 3.63) is 47.0 Å². The Bertz CT molecular complexity index is 515. The van der Waals surface area contributed by atoms with Crippen molar-refractivity contribution >= 4 is 15.9 Å². The van der Waals surface area contributed by atoms with Gasteiger partial charge in [0.15, 0.2) is 0 Å². The van der Waals surface area contributed by atoms with Gasteiger partial charge in [0.2, 0.25) is 0 Å². The summed E-state index contributed by atoms with van der Waals surface area (Å²) >= 11 is 3.51. The lowest BCUT2D eigenvalue weighted by molar-refractivity contribution is 0.514. The van der Waals surface area contributed by atoms with Gasteiger partial charge in [-0.2, -0.15) is 0 Å². The Labute approximate surface area is 109 Å². The summed E-state index contributed by atoms with van der Waals surface area (Å²) in [5.41, 5.74) is 7.49. The third kappa shape index (κ3) is 2.70. The normalized spacial score (nSPS) is 11.5. The Morgan fingerprint density at radius 2 is 1.71 bits per heavy atom. The minimum atomic E-state index is -0.507. The average Bonchev–Trinajstić information content (AvgIpc) is 2.29. The fraction of sp³-hybridized carbons (Fsp3) is 0.231. The molecule has 88 valence electrons. The number of hydrogen-bond donors (Lipinski definition) is 1. The Balaban J connectivity index is 2.40. The van der Waals surface area contributed by atoms with Crippen molar-refractivity contribution < 1.29 is 0 Å². The molecule has 4 heteroatoms. The van der Waals surface area contributed by atoms with Crippen molar-refractivity contribution in [2.24, 2.45) is 5.73 Å². The first kappa shape index (κ1) is 12.2. The fourth-order valence-corrected chi connectivity index (χ4v) is 2.01. The third-order valence-electron chi connectivity index (χ3n) is 2.41. The Morgan fingerprint density at radius 3 is 2.24 bits per heavy atom. The minimum absolute atomic E-state index is 0.507. The van der Waals surface area contributed by atoms with Gasteiger partial charge in [-0.1, -0.05) is 34.1 Å². The van der Waals surface area contributed by atoms with E-state index in [9.17, 15) is 0 Å². The SMILES string of the molecule is CC(C)(N)c1ncc(-c2ccccc2Br)cn1. The van der Waals surface area contributed by atoms with Crippen molar-refractivity contribution in [2.75, 3.05) is 0 Å². The Hall–Kier alpha value is -1.26. The van der Waals surface area contributed by atoms with E-state index in [1.807, 2.05) is 38.1 Å². The van der Waals surface area contributed by atoms with Gasteiger partial charge in [0.1, 0.15) is 5.82 Å².